The number of hydrogen-bond acceptors (Lipinski definition) is 5. The number of piperazine rings is 1. The van der Waals surface area contributed by atoms with Gasteiger partial charge >= 0.3 is 0 Å². The van der Waals surface area contributed by atoms with E-state index < -0.39 is 0 Å². The summed E-state index contributed by atoms with van der Waals surface area (Å²) >= 11 is 0. The van der Waals surface area contributed by atoms with Crippen molar-refractivity contribution in [1.82, 2.24) is 9.97 Å². The average Bonchev–Trinajstić information content (AvgIpc) is 2.49. The normalized spacial score (nSPS) is 15.6. The second-order valence-electron chi connectivity index (χ2n) is 4.61. The van der Waals surface area contributed by atoms with E-state index in [1.165, 1.54) is 5.69 Å². The first kappa shape index (κ1) is 11.8. The van der Waals surface area contributed by atoms with Gasteiger partial charge in [0.25, 0.3) is 0 Å². The third kappa shape index (κ3) is 2.59. The second kappa shape index (κ2) is 5.14. The molecule has 0 radical (unpaired) electrons. The summed E-state index contributed by atoms with van der Waals surface area (Å²) in [4.78, 5) is 13.2. The molecule has 1 fully saturated rings. The molecule has 1 aromatic carbocycles. The Labute approximate surface area is 112 Å². The molecule has 1 aromatic heterocycles. The maximum Gasteiger partial charge on any atom is 0.225 e. The minimum atomic E-state index is 0.806. The van der Waals surface area contributed by atoms with Crippen LogP contribution in [0.25, 0.3) is 0 Å². The second-order valence-corrected chi connectivity index (χ2v) is 4.61. The molecule has 0 saturated carbocycles. The molecule has 5 heteroatoms. The van der Waals surface area contributed by atoms with E-state index in [-0.39, 0.29) is 0 Å². The van der Waals surface area contributed by atoms with Crippen molar-refractivity contribution in [1.29, 1.82) is 0 Å². The van der Waals surface area contributed by atoms with Gasteiger partial charge in [-0.1, -0.05) is 0 Å². The highest BCUT2D eigenvalue weighted by Gasteiger charge is 2.18. The summed E-state index contributed by atoms with van der Waals surface area (Å²) in [6, 6.07) is 9.88. The quantitative estimate of drug-likeness (QED) is 0.822. The van der Waals surface area contributed by atoms with Gasteiger partial charge in [0.2, 0.25) is 5.95 Å². The zero-order chi connectivity index (χ0) is 13.1. The van der Waals surface area contributed by atoms with Gasteiger partial charge < -0.3 is 15.5 Å². The van der Waals surface area contributed by atoms with Crippen LogP contribution in [0.2, 0.25) is 0 Å². The van der Waals surface area contributed by atoms with Crippen molar-refractivity contribution in [3.63, 3.8) is 0 Å². The third-order valence-corrected chi connectivity index (χ3v) is 3.37. The van der Waals surface area contributed by atoms with Crippen LogP contribution < -0.4 is 15.5 Å². The number of aromatic nitrogens is 2. The van der Waals surface area contributed by atoms with Gasteiger partial charge in [0.1, 0.15) is 0 Å². The van der Waals surface area contributed by atoms with Crippen molar-refractivity contribution < 1.29 is 0 Å². The molecular weight excluding hydrogens is 238 g/mol. The summed E-state index contributed by atoms with van der Waals surface area (Å²) in [6.07, 6.45) is 3.57. The fourth-order valence-corrected chi connectivity index (χ4v) is 2.30. The van der Waals surface area contributed by atoms with E-state index in [4.69, 9.17) is 5.73 Å². The molecule has 2 aromatic rings. The summed E-state index contributed by atoms with van der Waals surface area (Å²) in [6.45, 7) is 3.83. The van der Waals surface area contributed by atoms with Crippen LogP contribution in [0.5, 0.6) is 0 Å². The average molecular weight is 255 g/mol. The molecule has 0 unspecified atom stereocenters. The number of nitrogens with zero attached hydrogens (tertiary/aromatic N) is 4. The minimum Gasteiger partial charge on any atom is -0.399 e. The van der Waals surface area contributed by atoms with Crippen molar-refractivity contribution in [2.24, 2.45) is 0 Å². The molecular formula is C14H17N5. The van der Waals surface area contributed by atoms with Gasteiger partial charge in [-0.3, -0.25) is 0 Å². The third-order valence-electron chi connectivity index (χ3n) is 3.37. The van der Waals surface area contributed by atoms with Crippen LogP contribution in [0, 0.1) is 0 Å². The lowest BCUT2D eigenvalue weighted by Gasteiger charge is -2.36. The summed E-state index contributed by atoms with van der Waals surface area (Å²) in [5.41, 5.74) is 7.74. The van der Waals surface area contributed by atoms with Gasteiger partial charge in [0.15, 0.2) is 0 Å². The fraction of sp³-hybridized carbons (Fsp3) is 0.286. The topological polar surface area (TPSA) is 58.3 Å². The van der Waals surface area contributed by atoms with Gasteiger partial charge in [-0.25, -0.2) is 9.97 Å². The Morgan fingerprint density at radius 3 is 2.05 bits per heavy atom. The van der Waals surface area contributed by atoms with Gasteiger partial charge in [0, 0.05) is 49.9 Å². The van der Waals surface area contributed by atoms with Crippen molar-refractivity contribution >= 4 is 17.3 Å². The molecule has 0 atom stereocenters. The van der Waals surface area contributed by atoms with Crippen LogP contribution in [0.4, 0.5) is 17.3 Å². The first-order valence-corrected chi connectivity index (χ1v) is 6.45. The fourth-order valence-electron chi connectivity index (χ4n) is 2.30. The summed E-state index contributed by atoms with van der Waals surface area (Å²) in [5, 5.41) is 0. The lowest BCUT2D eigenvalue weighted by Crippen LogP contribution is -2.47. The molecule has 0 spiro atoms. The summed E-state index contributed by atoms with van der Waals surface area (Å²) in [7, 11) is 0. The molecule has 19 heavy (non-hydrogen) atoms. The van der Waals surface area contributed by atoms with Gasteiger partial charge in [-0.05, 0) is 30.3 Å². The number of nitrogens with two attached hydrogens (primary N) is 1. The Balaban J connectivity index is 1.65. The van der Waals surface area contributed by atoms with Crippen molar-refractivity contribution in [3.8, 4) is 0 Å². The highest BCUT2D eigenvalue weighted by molar-refractivity contribution is 5.54. The number of nitrogen functional groups attached to an aromatic ring is 1. The molecule has 0 amide bonds. The van der Waals surface area contributed by atoms with E-state index in [1.807, 2.05) is 18.2 Å². The maximum atomic E-state index is 5.71. The van der Waals surface area contributed by atoms with E-state index in [9.17, 15) is 0 Å². The zero-order valence-electron chi connectivity index (χ0n) is 10.7. The van der Waals surface area contributed by atoms with Crippen LogP contribution in [0.3, 0.4) is 0 Å². The van der Waals surface area contributed by atoms with E-state index in [0.717, 1.165) is 37.8 Å². The molecule has 2 N–H and O–H groups in total. The van der Waals surface area contributed by atoms with Crippen molar-refractivity contribution in [2.45, 2.75) is 0 Å². The predicted octanol–water partition coefficient (Wildman–Crippen LogP) is 1.39. The lowest BCUT2D eigenvalue weighted by atomic mass is 10.2. The van der Waals surface area contributed by atoms with E-state index in [1.54, 1.807) is 12.4 Å². The summed E-state index contributed by atoms with van der Waals surface area (Å²) < 4.78 is 0. The monoisotopic (exact) mass is 255 g/mol. The Bertz CT molecular complexity index is 517. The van der Waals surface area contributed by atoms with Crippen LogP contribution >= 0.6 is 0 Å². The number of rotatable bonds is 2. The number of benzene rings is 1. The minimum absolute atomic E-state index is 0.806. The number of anilines is 3. The van der Waals surface area contributed by atoms with E-state index in [2.05, 4.69) is 31.9 Å². The molecule has 1 aliphatic heterocycles. The Morgan fingerprint density at radius 1 is 0.842 bits per heavy atom. The highest BCUT2D eigenvalue weighted by Crippen LogP contribution is 2.19. The molecule has 0 aliphatic carbocycles. The van der Waals surface area contributed by atoms with E-state index in [0.29, 0.717) is 0 Å². The first-order valence-electron chi connectivity index (χ1n) is 6.45. The Morgan fingerprint density at radius 2 is 1.42 bits per heavy atom. The molecule has 5 nitrogen and oxygen atoms in total. The summed E-state index contributed by atoms with van der Waals surface area (Å²) in [5.74, 6) is 0.819. The molecule has 2 heterocycles. The van der Waals surface area contributed by atoms with Gasteiger partial charge in [0.05, 0.1) is 0 Å². The van der Waals surface area contributed by atoms with Crippen LogP contribution in [0.15, 0.2) is 42.7 Å². The van der Waals surface area contributed by atoms with E-state index >= 15 is 0 Å². The maximum absolute atomic E-state index is 5.71. The van der Waals surface area contributed by atoms with Crippen LogP contribution in [-0.4, -0.2) is 36.1 Å². The Hall–Kier alpha value is -2.30. The van der Waals surface area contributed by atoms with Crippen LogP contribution in [0.1, 0.15) is 0 Å². The predicted molar refractivity (Wildman–Crippen MR) is 77.3 cm³/mol. The smallest absolute Gasteiger partial charge is 0.225 e. The van der Waals surface area contributed by atoms with Gasteiger partial charge in [-0.15, -0.1) is 0 Å². The highest BCUT2D eigenvalue weighted by atomic mass is 15.3. The molecule has 1 aliphatic rings. The molecule has 3 rings (SSSR count). The number of hydrogen-bond donors (Lipinski definition) is 1. The van der Waals surface area contributed by atoms with Crippen molar-refractivity contribution in [3.05, 3.63) is 42.7 Å². The lowest BCUT2D eigenvalue weighted by molar-refractivity contribution is 0.640. The standard InChI is InChI=1S/C14H17N5/c15-12-2-4-13(5-3-12)18-8-10-19(11-9-18)14-16-6-1-7-17-14/h1-7H,8-11,15H2. The largest absolute Gasteiger partial charge is 0.399 e. The van der Waals surface area contributed by atoms with Crippen molar-refractivity contribution in [2.75, 3.05) is 41.7 Å². The molecule has 1 saturated heterocycles. The molecule has 0 bridgehead atoms. The first-order chi connectivity index (χ1) is 9.33. The zero-order valence-corrected chi connectivity index (χ0v) is 10.7. The Kier molecular flexibility index (Phi) is 3.18. The SMILES string of the molecule is Nc1ccc(N2CCN(c3ncccn3)CC2)cc1. The van der Waals surface area contributed by atoms with Gasteiger partial charge in [-0.2, -0.15) is 0 Å². The van der Waals surface area contributed by atoms with Crippen LogP contribution in [-0.2, 0) is 0 Å². The molecule has 98 valence electrons.